The van der Waals surface area contributed by atoms with Crippen molar-refractivity contribution in [1.29, 1.82) is 0 Å². The van der Waals surface area contributed by atoms with Crippen molar-refractivity contribution in [2.75, 3.05) is 5.73 Å². The van der Waals surface area contributed by atoms with Crippen LogP contribution in [0, 0.1) is 0 Å². The second-order valence-electron chi connectivity index (χ2n) is 3.74. The Morgan fingerprint density at radius 3 is 2.88 bits per heavy atom. The van der Waals surface area contributed by atoms with Gasteiger partial charge in [0.1, 0.15) is 11.5 Å². The van der Waals surface area contributed by atoms with Crippen molar-refractivity contribution in [1.82, 2.24) is 4.98 Å². The third kappa shape index (κ3) is 3.29. The Bertz CT molecular complexity index is 537. The fourth-order valence-corrected chi connectivity index (χ4v) is 2.13. The lowest BCUT2D eigenvalue weighted by molar-refractivity contribution is -0.117. The monoisotopic (exact) mass is 248 g/mol. The molecule has 0 aliphatic heterocycles. The molecule has 0 aliphatic carbocycles. The number of benzene rings is 1. The molecule has 0 radical (unpaired) electrons. The number of nitrogens with zero attached hydrogens (tertiary/aromatic N) is 1. The van der Waals surface area contributed by atoms with Gasteiger partial charge in [-0.05, 0) is 17.7 Å². The molecule has 4 nitrogen and oxygen atoms in total. The van der Waals surface area contributed by atoms with E-state index in [-0.39, 0.29) is 18.0 Å². The fourth-order valence-electron chi connectivity index (χ4n) is 1.56. The smallest absolute Gasteiger partial charge is 0.180 e. The lowest BCUT2D eigenvalue weighted by Gasteiger charge is -2.00. The van der Waals surface area contributed by atoms with Crippen LogP contribution in [-0.2, 0) is 17.6 Å². The second kappa shape index (κ2) is 4.97. The number of nitrogen functional groups attached to an aromatic ring is 1. The van der Waals surface area contributed by atoms with Gasteiger partial charge in [-0.1, -0.05) is 12.1 Å². The number of carbonyl (C=O) groups is 1. The van der Waals surface area contributed by atoms with Crippen LogP contribution in [0.5, 0.6) is 5.75 Å². The molecule has 2 aromatic rings. The first-order valence-corrected chi connectivity index (χ1v) is 6.01. The molecule has 88 valence electrons. The number of nitrogens with two attached hydrogens (primary N) is 1. The number of hydrogen-bond acceptors (Lipinski definition) is 5. The Kier molecular flexibility index (Phi) is 3.39. The predicted octanol–water partition coefficient (Wildman–Crippen LogP) is 1.79. The molecule has 5 heteroatoms. The molecule has 3 N–H and O–H groups in total. The zero-order valence-corrected chi connectivity index (χ0v) is 9.91. The van der Waals surface area contributed by atoms with Gasteiger partial charge in [0.05, 0.1) is 5.69 Å². The van der Waals surface area contributed by atoms with Crippen LogP contribution >= 0.6 is 11.3 Å². The second-order valence-corrected chi connectivity index (χ2v) is 4.63. The standard InChI is InChI=1S/C12H12N2O2S/c13-12-14-9(7-17-12)6-11(16)5-8-2-1-3-10(15)4-8/h1-4,7,15H,5-6H2,(H2,13,14). The molecule has 1 heterocycles. The van der Waals surface area contributed by atoms with Gasteiger partial charge in [-0.3, -0.25) is 4.79 Å². The third-order valence-electron chi connectivity index (χ3n) is 2.26. The molecular formula is C12H12N2O2S. The number of Topliss-reactive ketones (excluding diaryl/α,β-unsaturated/α-hetero) is 1. The molecule has 0 saturated heterocycles. The van der Waals surface area contributed by atoms with Crippen molar-refractivity contribution in [3.8, 4) is 5.75 Å². The largest absolute Gasteiger partial charge is 0.508 e. The maximum Gasteiger partial charge on any atom is 0.180 e. The summed E-state index contributed by atoms with van der Waals surface area (Å²) in [5, 5.41) is 11.5. The minimum atomic E-state index is 0.0564. The number of anilines is 1. The van der Waals surface area contributed by atoms with Gasteiger partial charge in [0.2, 0.25) is 0 Å². The van der Waals surface area contributed by atoms with Crippen LogP contribution in [0.4, 0.5) is 5.13 Å². The normalized spacial score (nSPS) is 10.4. The van der Waals surface area contributed by atoms with Gasteiger partial charge in [0.25, 0.3) is 0 Å². The average Bonchev–Trinajstić information content (AvgIpc) is 2.63. The van der Waals surface area contributed by atoms with Crippen molar-refractivity contribution in [2.45, 2.75) is 12.8 Å². The van der Waals surface area contributed by atoms with E-state index in [1.54, 1.807) is 23.6 Å². The quantitative estimate of drug-likeness (QED) is 0.864. The maximum absolute atomic E-state index is 11.7. The fraction of sp³-hybridized carbons (Fsp3) is 0.167. The summed E-state index contributed by atoms with van der Waals surface area (Å²) in [6, 6.07) is 6.70. The molecule has 0 atom stereocenters. The number of ketones is 1. The van der Waals surface area contributed by atoms with Gasteiger partial charge in [-0.15, -0.1) is 11.3 Å². The van der Waals surface area contributed by atoms with Gasteiger partial charge in [0, 0.05) is 18.2 Å². The number of aromatic hydroxyl groups is 1. The van der Waals surface area contributed by atoms with Crippen LogP contribution in [0.15, 0.2) is 29.6 Å². The summed E-state index contributed by atoms with van der Waals surface area (Å²) in [7, 11) is 0. The highest BCUT2D eigenvalue weighted by atomic mass is 32.1. The van der Waals surface area contributed by atoms with E-state index in [0.29, 0.717) is 17.2 Å². The van der Waals surface area contributed by atoms with E-state index in [9.17, 15) is 9.90 Å². The molecule has 0 bridgehead atoms. The summed E-state index contributed by atoms with van der Waals surface area (Å²) in [5.74, 6) is 0.231. The number of thiazole rings is 1. The summed E-state index contributed by atoms with van der Waals surface area (Å²) in [4.78, 5) is 15.8. The SMILES string of the molecule is Nc1nc(CC(=O)Cc2cccc(O)c2)cs1. The predicted molar refractivity (Wildman–Crippen MR) is 67.0 cm³/mol. The highest BCUT2D eigenvalue weighted by molar-refractivity contribution is 7.13. The highest BCUT2D eigenvalue weighted by Crippen LogP contribution is 2.14. The Labute approximate surface area is 103 Å². The van der Waals surface area contributed by atoms with Gasteiger partial charge in [-0.25, -0.2) is 4.98 Å². The molecular weight excluding hydrogens is 236 g/mol. The number of hydrogen-bond donors (Lipinski definition) is 2. The van der Waals surface area contributed by atoms with Crippen LogP contribution in [0.2, 0.25) is 0 Å². The van der Waals surface area contributed by atoms with Crippen molar-refractivity contribution in [3.05, 3.63) is 40.9 Å². The molecule has 0 saturated carbocycles. The van der Waals surface area contributed by atoms with Crippen LogP contribution < -0.4 is 5.73 Å². The number of phenolic OH excluding ortho intramolecular Hbond substituents is 1. The van der Waals surface area contributed by atoms with E-state index >= 15 is 0 Å². The number of aromatic nitrogens is 1. The summed E-state index contributed by atoms with van der Waals surface area (Å²) in [6.45, 7) is 0. The average molecular weight is 248 g/mol. The molecule has 0 spiro atoms. The molecule has 17 heavy (non-hydrogen) atoms. The lowest BCUT2D eigenvalue weighted by atomic mass is 10.1. The number of rotatable bonds is 4. The number of phenols is 1. The Hall–Kier alpha value is -1.88. The summed E-state index contributed by atoms with van der Waals surface area (Å²) >= 11 is 1.33. The first-order chi connectivity index (χ1) is 8.13. The third-order valence-corrected chi connectivity index (χ3v) is 2.98. The van der Waals surface area contributed by atoms with E-state index in [1.807, 2.05) is 6.07 Å². The zero-order valence-electron chi connectivity index (χ0n) is 9.09. The highest BCUT2D eigenvalue weighted by Gasteiger charge is 2.08. The van der Waals surface area contributed by atoms with Crippen molar-refractivity contribution in [3.63, 3.8) is 0 Å². The van der Waals surface area contributed by atoms with E-state index in [1.165, 1.54) is 11.3 Å². The van der Waals surface area contributed by atoms with Crippen molar-refractivity contribution in [2.24, 2.45) is 0 Å². The molecule has 0 unspecified atom stereocenters. The molecule has 1 aromatic heterocycles. The topological polar surface area (TPSA) is 76.2 Å². The molecule has 0 amide bonds. The minimum absolute atomic E-state index is 0.0564. The van der Waals surface area contributed by atoms with Crippen molar-refractivity contribution >= 4 is 22.3 Å². The van der Waals surface area contributed by atoms with E-state index in [4.69, 9.17) is 5.73 Å². The lowest BCUT2D eigenvalue weighted by Crippen LogP contribution is -2.06. The summed E-state index contributed by atoms with van der Waals surface area (Å²) in [6.07, 6.45) is 0.579. The summed E-state index contributed by atoms with van der Waals surface area (Å²) in [5.41, 5.74) is 7.00. The molecule has 0 aliphatic rings. The Balaban J connectivity index is 1.98. The molecule has 1 aromatic carbocycles. The van der Waals surface area contributed by atoms with Gasteiger partial charge < -0.3 is 10.8 Å². The van der Waals surface area contributed by atoms with Crippen LogP contribution in [0.1, 0.15) is 11.3 Å². The van der Waals surface area contributed by atoms with Gasteiger partial charge >= 0.3 is 0 Å². The first kappa shape index (κ1) is 11.6. The summed E-state index contributed by atoms with van der Waals surface area (Å²) < 4.78 is 0. The molecule has 0 fully saturated rings. The van der Waals surface area contributed by atoms with Gasteiger partial charge in [-0.2, -0.15) is 0 Å². The minimum Gasteiger partial charge on any atom is -0.508 e. The van der Waals surface area contributed by atoms with Crippen LogP contribution in [0.25, 0.3) is 0 Å². The Morgan fingerprint density at radius 1 is 1.41 bits per heavy atom. The maximum atomic E-state index is 11.7. The van der Waals surface area contributed by atoms with Crippen molar-refractivity contribution < 1.29 is 9.90 Å². The van der Waals surface area contributed by atoms with Crippen LogP contribution in [-0.4, -0.2) is 15.9 Å². The molecule has 2 rings (SSSR count). The van der Waals surface area contributed by atoms with Gasteiger partial charge in [0.15, 0.2) is 5.13 Å². The first-order valence-electron chi connectivity index (χ1n) is 5.13. The zero-order chi connectivity index (χ0) is 12.3. The Morgan fingerprint density at radius 2 is 2.24 bits per heavy atom. The van der Waals surface area contributed by atoms with E-state index in [2.05, 4.69) is 4.98 Å². The van der Waals surface area contributed by atoms with E-state index in [0.717, 1.165) is 5.56 Å². The number of carbonyl (C=O) groups excluding carboxylic acids is 1. The van der Waals surface area contributed by atoms with E-state index < -0.39 is 0 Å². The van der Waals surface area contributed by atoms with Crippen LogP contribution in [0.3, 0.4) is 0 Å².